The molecule has 0 rings (SSSR count). The molecule has 0 bridgehead atoms. The van der Waals surface area contributed by atoms with Gasteiger partial charge in [-0.25, -0.2) is 0 Å². The lowest BCUT2D eigenvalue weighted by molar-refractivity contribution is -0.121. The van der Waals surface area contributed by atoms with E-state index in [9.17, 15) is 4.79 Å². The van der Waals surface area contributed by atoms with Crippen LogP contribution in [0.15, 0.2) is 0 Å². The second-order valence-electron chi connectivity index (χ2n) is 4.98. The van der Waals surface area contributed by atoms with E-state index in [0.717, 1.165) is 32.4 Å². The van der Waals surface area contributed by atoms with Gasteiger partial charge in [-0.1, -0.05) is 53.9 Å². The summed E-state index contributed by atoms with van der Waals surface area (Å²) in [6, 6.07) is 0.567. The molecule has 3 nitrogen and oxygen atoms in total. The molecule has 0 aromatic rings. The Hall–Kier alpha value is -0.570. The van der Waals surface area contributed by atoms with E-state index in [0.29, 0.717) is 12.5 Å². The van der Waals surface area contributed by atoms with Crippen LogP contribution in [-0.4, -0.2) is 25.0 Å². The molecule has 2 N–H and O–H groups in total. The molecule has 3 heteroatoms. The first-order valence-corrected chi connectivity index (χ1v) is 8.17. The summed E-state index contributed by atoms with van der Waals surface area (Å²) in [6.07, 6.45) is 7.54. The Balaban J connectivity index is 0. The van der Waals surface area contributed by atoms with Crippen molar-refractivity contribution >= 4 is 5.91 Å². The van der Waals surface area contributed by atoms with Crippen LogP contribution in [-0.2, 0) is 4.79 Å². The lowest BCUT2D eigenvalue weighted by Gasteiger charge is -2.07. The van der Waals surface area contributed by atoms with Gasteiger partial charge in [0.25, 0.3) is 0 Å². The Morgan fingerprint density at radius 3 is 2.16 bits per heavy atom. The van der Waals surface area contributed by atoms with Crippen LogP contribution in [0.5, 0.6) is 0 Å². The molecule has 0 unspecified atom stereocenters. The molecular weight excluding hydrogens is 236 g/mol. The third-order valence-corrected chi connectivity index (χ3v) is 2.74. The van der Waals surface area contributed by atoms with Crippen molar-refractivity contribution in [3.05, 3.63) is 0 Å². The predicted molar refractivity (Wildman–Crippen MR) is 85.5 cm³/mol. The summed E-state index contributed by atoms with van der Waals surface area (Å²) in [4.78, 5) is 11.4. The maximum atomic E-state index is 11.4. The normalized spacial score (nSPS) is 10.0. The monoisotopic (exact) mass is 272 g/mol. The molecule has 116 valence electrons. The highest BCUT2D eigenvalue weighted by atomic mass is 16.1. The molecule has 0 aromatic carbocycles. The average molecular weight is 272 g/mol. The van der Waals surface area contributed by atoms with Crippen LogP contribution in [0.2, 0.25) is 0 Å². The van der Waals surface area contributed by atoms with Gasteiger partial charge in [0.2, 0.25) is 5.91 Å². The number of hydrogen-bond donors (Lipinski definition) is 2. The number of amides is 1. The molecule has 0 aromatic heterocycles. The Morgan fingerprint density at radius 1 is 0.947 bits per heavy atom. The first-order valence-electron chi connectivity index (χ1n) is 8.17. The van der Waals surface area contributed by atoms with E-state index < -0.39 is 0 Å². The quantitative estimate of drug-likeness (QED) is 0.560. The minimum Gasteiger partial charge on any atom is -0.356 e. The SMILES string of the molecule is CC.CCCCCNC(=O)CCCCCNC(C)C. The van der Waals surface area contributed by atoms with Crippen molar-refractivity contribution in [1.29, 1.82) is 0 Å². The molecule has 0 saturated carbocycles. The topological polar surface area (TPSA) is 41.1 Å². The third kappa shape index (κ3) is 19.9. The van der Waals surface area contributed by atoms with Crippen molar-refractivity contribution in [2.24, 2.45) is 0 Å². The molecule has 1 amide bonds. The Kier molecular flexibility index (Phi) is 19.0. The zero-order chi connectivity index (χ0) is 14.9. The molecule has 0 atom stereocenters. The van der Waals surface area contributed by atoms with Crippen LogP contribution < -0.4 is 10.6 Å². The molecule has 19 heavy (non-hydrogen) atoms. The highest BCUT2D eigenvalue weighted by Crippen LogP contribution is 1.99. The largest absolute Gasteiger partial charge is 0.356 e. The van der Waals surface area contributed by atoms with Crippen molar-refractivity contribution in [2.75, 3.05) is 13.1 Å². The molecule has 0 fully saturated rings. The first-order chi connectivity index (χ1) is 9.16. The van der Waals surface area contributed by atoms with E-state index >= 15 is 0 Å². The van der Waals surface area contributed by atoms with E-state index in [2.05, 4.69) is 31.4 Å². The zero-order valence-corrected chi connectivity index (χ0v) is 13.8. The number of unbranched alkanes of at least 4 members (excludes halogenated alkanes) is 4. The van der Waals surface area contributed by atoms with E-state index in [1.54, 1.807) is 0 Å². The van der Waals surface area contributed by atoms with Crippen LogP contribution in [0.3, 0.4) is 0 Å². The summed E-state index contributed by atoms with van der Waals surface area (Å²) in [5.74, 6) is 0.220. The number of hydrogen-bond acceptors (Lipinski definition) is 2. The molecule has 0 saturated heterocycles. The number of carbonyl (C=O) groups is 1. The standard InChI is InChI=1S/C14H30N2O.C2H6/c1-4-5-8-12-16-14(17)10-7-6-9-11-15-13(2)3;1-2/h13,15H,4-12H2,1-3H3,(H,16,17);1-2H3. The van der Waals surface area contributed by atoms with Gasteiger partial charge < -0.3 is 10.6 Å². The Bertz CT molecular complexity index is 182. The number of nitrogens with one attached hydrogen (secondary N) is 2. The maximum absolute atomic E-state index is 11.4. The van der Waals surface area contributed by atoms with Gasteiger partial charge >= 0.3 is 0 Å². The number of carbonyl (C=O) groups excluding carboxylic acids is 1. The summed E-state index contributed by atoms with van der Waals surface area (Å²) in [6.45, 7) is 12.4. The van der Waals surface area contributed by atoms with Crippen LogP contribution in [0.25, 0.3) is 0 Å². The van der Waals surface area contributed by atoms with Gasteiger partial charge in [-0.15, -0.1) is 0 Å². The fraction of sp³-hybridized carbons (Fsp3) is 0.938. The molecule has 0 aliphatic heterocycles. The van der Waals surface area contributed by atoms with Gasteiger partial charge in [0.15, 0.2) is 0 Å². The molecule has 0 radical (unpaired) electrons. The lowest BCUT2D eigenvalue weighted by Crippen LogP contribution is -2.24. The smallest absolute Gasteiger partial charge is 0.219 e. The summed E-state index contributed by atoms with van der Waals surface area (Å²) in [5, 5.41) is 6.35. The van der Waals surface area contributed by atoms with Crippen LogP contribution in [0.1, 0.15) is 79.6 Å². The maximum Gasteiger partial charge on any atom is 0.219 e. The van der Waals surface area contributed by atoms with Crippen molar-refractivity contribution < 1.29 is 4.79 Å². The summed E-state index contributed by atoms with van der Waals surface area (Å²) in [7, 11) is 0. The highest BCUT2D eigenvalue weighted by Gasteiger charge is 2.00. The average Bonchev–Trinajstić information content (AvgIpc) is 2.41. The van der Waals surface area contributed by atoms with E-state index in [-0.39, 0.29) is 5.91 Å². The third-order valence-electron chi connectivity index (χ3n) is 2.74. The molecule has 0 spiro atoms. The van der Waals surface area contributed by atoms with E-state index in [4.69, 9.17) is 0 Å². The predicted octanol–water partition coefficient (Wildman–Crippen LogP) is 3.88. The van der Waals surface area contributed by atoms with Crippen LogP contribution in [0, 0.1) is 0 Å². The minimum atomic E-state index is 0.220. The summed E-state index contributed by atoms with van der Waals surface area (Å²) >= 11 is 0. The van der Waals surface area contributed by atoms with Crippen molar-refractivity contribution in [3.63, 3.8) is 0 Å². The zero-order valence-electron chi connectivity index (χ0n) is 13.8. The van der Waals surface area contributed by atoms with Gasteiger partial charge in [0.1, 0.15) is 0 Å². The van der Waals surface area contributed by atoms with Crippen molar-refractivity contribution in [1.82, 2.24) is 10.6 Å². The fourth-order valence-electron chi connectivity index (χ4n) is 1.67. The van der Waals surface area contributed by atoms with Gasteiger partial charge in [-0.2, -0.15) is 0 Å². The molecule has 0 aliphatic carbocycles. The van der Waals surface area contributed by atoms with E-state index in [1.165, 1.54) is 19.3 Å². The van der Waals surface area contributed by atoms with E-state index in [1.807, 2.05) is 13.8 Å². The summed E-state index contributed by atoms with van der Waals surface area (Å²) < 4.78 is 0. The molecule has 0 aliphatic rings. The van der Waals surface area contributed by atoms with Crippen LogP contribution >= 0.6 is 0 Å². The highest BCUT2D eigenvalue weighted by molar-refractivity contribution is 5.75. The van der Waals surface area contributed by atoms with Crippen molar-refractivity contribution in [2.45, 2.75) is 85.6 Å². The molecular formula is C16H36N2O. The van der Waals surface area contributed by atoms with Crippen molar-refractivity contribution in [3.8, 4) is 0 Å². The Morgan fingerprint density at radius 2 is 1.58 bits per heavy atom. The summed E-state index contributed by atoms with van der Waals surface area (Å²) in [5.41, 5.74) is 0. The van der Waals surface area contributed by atoms with Crippen LogP contribution in [0.4, 0.5) is 0 Å². The second-order valence-corrected chi connectivity index (χ2v) is 4.98. The lowest BCUT2D eigenvalue weighted by atomic mass is 10.2. The molecule has 0 heterocycles. The Labute approximate surface area is 120 Å². The fourth-order valence-corrected chi connectivity index (χ4v) is 1.67. The van der Waals surface area contributed by atoms with Gasteiger partial charge in [0, 0.05) is 19.0 Å². The van der Waals surface area contributed by atoms with Gasteiger partial charge in [-0.05, 0) is 25.8 Å². The number of rotatable bonds is 11. The van der Waals surface area contributed by atoms with Gasteiger partial charge in [0.05, 0.1) is 0 Å². The minimum absolute atomic E-state index is 0.220. The van der Waals surface area contributed by atoms with Gasteiger partial charge in [-0.3, -0.25) is 4.79 Å². The second kappa shape index (κ2) is 17.4. The first kappa shape index (κ1) is 20.7.